The van der Waals surface area contributed by atoms with Crippen LogP contribution in [0.15, 0.2) is 54.9 Å². The van der Waals surface area contributed by atoms with E-state index in [1.165, 1.54) is 13.3 Å². The molecule has 0 saturated carbocycles. The van der Waals surface area contributed by atoms with Gasteiger partial charge in [-0.1, -0.05) is 29.8 Å². The number of hydrogen-bond acceptors (Lipinski definition) is 5. The molecule has 0 aliphatic rings. The van der Waals surface area contributed by atoms with Crippen molar-refractivity contribution in [1.82, 2.24) is 15.1 Å². The summed E-state index contributed by atoms with van der Waals surface area (Å²) in [6.45, 7) is 0.0183. The molecule has 9 heteroatoms. The zero-order valence-electron chi connectivity index (χ0n) is 15.6. The molecule has 0 radical (unpaired) electrons. The van der Waals surface area contributed by atoms with Crippen molar-refractivity contribution in [1.29, 1.82) is 0 Å². The molecular weight excluding hydrogens is 396 g/mol. The number of hydrogen-bond donors (Lipinski definition) is 2. The third-order valence-corrected chi connectivity index (χ3v) is 4.31. The number of rotatable bonds is 8. The molecular formula is C20H19ClN4O4. The van der Waals surface area contributed by atoms with Crippen molar-refractivity contribution in [2.75, 3.05) is 13.7 Å². The highest BCUT2D eigenvalue weighted by atomic mass is 35.5. The van der Waals surface area contributed by atoms with E-state index in [0.717, 1.165) is 5.56 Å². The highest BCUT2D eigenvalue weighted by Gasteiger charge is 2.12. The van der Waals surface area contributed by atoms with E-state index in [9.17, 15) is 9.59 Å². The molecule has 8 nitrogen and oxygen atoms in total. The van der Waals surface area contributed by atoms with Gasteiger partial charge in [0.05, 0.1) is 29.6 Å². The Morgan fingerprint density at radius 2 is 2.00 bits per heavy atom. The minimum absolute atomic E-state index is 0.248. The van der Waals surface area contributed by atoms with E-state index in [2.05, 4.69) is 10.4 Å². The maximum Gasteiger partial charge on any atom is 0.255 e. The first-order chi connectivity index (χ1) is 14.0. The lowest BCUT2D eigenvalue weighted by Crippen LogP contribution is -2.22. The number of methoxy groups -OCH3 is 1. The summed E-state index contributed by atoms with van der Waals surface area (Å²) in [6, 6.07) is 12.3. The van der Waals surface area contributed by atoms with Crippen LogP contribution in [0.5, 0.6) is 11.5 Å². The normalized spacial score (nSPS) is 10.4. The molecule has 150 valence electrons. The number of carbonyl (C=O) groups excluding carboxylic acids is 2. The monoisotopic (exact) mass is 414 g/mol. The van der Waals surface area contributed by atoms with Crippen LogP contribution < -0.4 is 20.5 Å². The highest BCUT2D eigenvalue weighted by Crippen LogP contribution is 2.28. The molecule has 2 aromatic carbocycles. The van der Waals surface area contributed by atoms with E-state index in [-0.39, 0.29) is 19.1 Å². The van der Waals surface area contributed by atoms with Crippen LogP contribution in [-0.4, -0.2) is 35.3 Å². The van der Waals surface area contributed by atoms with Crippen LogP contribution in [0.25, 0.3) is 5.69 Å². The van der Waals surface area contributed by atoms with E-state index in [0.29, 0.717) is 27.8 Å². The van der Waals surface area contributed by atoms with E-state index < -0.39 is 5.91 Å². The van der Waals surface area contributed by atoms with Gasteiger partial charge in [0.25, 0.3) is 11.8 Å². The lowest BCUT2D eigenvalue weighted by molar-refractivity contribution is -0.119. The molecule has 29 heavy (non-hydrogen) atoms. The lowest BCUT2D eigenvalue weighted by atomic mass is 10.2. The molecule has 3 rings (SSSR count). The summed E-state index contributed by atoms with van der Waals surface area (Å²) in [5, 5.41) is 7.55. The molecule has 0 saturated heterocycles. The summed E-state index contributed by atoms with van der Waals surface area (Å²) in [5.74, 6) is -0.0380. The first kappa shape index (κ1) is 20.2. The van der Waals surface area contributed by atoms with Gasteiger partial charge >= 0.3 is 0 Å². The Balaban J connectivity index is 1.65. The van der Waals surface area contributed by atoms with Gasteiger partial charge in [0.1, 0.15) is 0 Å². The van der Waals surface area contributed by atoms with Crippen molar-refractivity contribution in [3.63, 3.8) is 0 Å². The fourth-order valence-electron chi connectivity index (χ4n) is 2.58. The van der Waals surface area contributed by atoms with Crippen LogP contribution in [0.1, 0.15) is 15.9 Å². The number of aromatic nitrogens is 2. The quantitative estimate of drug-likeness (QED) is 0.588. The van der Waals surface area contributed by atoms with Crippen molar-refractivity contribution in [2.45, 2.75) is 6.54 Å². The van der Waals surface area contributed by atoms with Gasteiger partial charge in [-0.2, -0.15) is 5.10 Å². The first-order valence-electron chi connectivity index (χ1n) is 8.63. The molecule has 2 amide bonds. The van der Waals surface area contributed by atoms with Gasteiger partial charge in [-0.25, -0.2) is 4.68 Å². The van der Waals surface area contributed by atoms with Gasteiger partial charge in [-0.05, 0) is 29.8 Å². The molecule has 0 spiro atoms. The summed E-state index contributed by atoms with van der Waals surface area (Å²) < 4.78 is 12.1. The zero-order chi connectivity index (χ0) is 20.8. The lowest BCUT2D eigenvalue weighted by Gasteiger charge is -2.11. The Labute approximate surface area is 172 Å². The van der Waals surface area contributed by atoms with Gasteiger partial charge in [-0.15, -0.1) is 0 Å². The van der Waals surface area contributed by atoms with Crippen LogP contribution in [-0.2, 0) is 11.3 Å². The maximum absolute atomic E-state index is 12.4. The van der Waals surface area contributed by atoms with Crippen molar-refractivity contribution in [3.05, 3.63) is 71.0 Å². The van der Waals surface area contributed by atoms with Gasteiger partial charge in [0.15, 0.2) is 18.1 Å². The molecule has 3 aromatic rings. The van der Waals surface area contributed by atoms with Crippen LogP contribution in [0.2, 0.25) is 5.02 Å². The van der Waals surface area contributed by atoms with Crippen LogP contribution in [0, 0.1) is 0 Å². The minimum atomic E-state index is -0.583. The molecule has 0 bridgehead atoms. The highest BCUT2D eigenvalue weighted by molar-refractivity contribution is 6.32. The summed E-state index contributed by atoms with van der Waals surface area (Å²) in [7, 11) is 1.48. The SMILES string of the molecule is COc1cc(CNC(=O)c2cnn(-c3ccccc3Cl)c2)ccc1OCC(N)=O. The second-order valence-electron chi connectivity index (χ2n) is 6.05. The number of para-hydroxylation sites is 1. The number of ether oxygens (including phenoxy) is 2. The smallest absolute Gasteiger partial charge is 0.255 e. The Morgan fingerprint density at radius 1 is 1.21 bits per heavy atom. The van der Waals surface area contributed by atoms with Crippen LogP contribution >= 0.6 is 11.6 Å². The molecule has 1 aromatic heterocycles. The maximum atomic E-state index is 12.4. The summed E-state index contributed by atoms with van der Waals surface area (Å²) >= 11 is 6.16. The Hall–Kier alpha value is -3.52. The standard InChI is InChI=1S/C20H19ClN4O4/c1-28-18-8-13(6-7-17(18)29-12-19(22)26)9-23-20(27)14-10-24-25(11-14)16-5-3-2-4-15(16)21/h2-8,10-11H,9,12H2,1H3,(H2,22,26)(H,23,27). The Bertz CT molecular complexity index is 1030. The average Bonchev–Trinajstić information content (AvgIpc) is 3.21. The minimum Gasteiger partial charge on any atom is -0.493 e. The van der Waals surface area contributed by atoms with Gasteiger partial charge in [-0.3, -0.25) is 9.59 Å². The number of primary amides is 1. The first-order valence-corrected chi connectivity index (χ1v) is 9.01. The molecule has 0 aliphatic heterocycles. The molecule has 1 heterocycles. The fourth-order valence-corrected chi connectivity index (χ4v) is 2.81. The fraction of sp³-hybridized carbons (Fsp3) is 0.150. The van der Waals surface area contributed by atoms with Crippen LogP contribution in [0.3, 0.4) is 0 Å². The van der Waals surface area contributed by atoms with E-state index in [4.69, 9.17) is 26.8 Å². The number of halogens is 1. The predicted octanol–water partition coefficient (Wildman–Crippen LogP) is 2.33. The topological polar surface area (TPSA) is 108 Å². The van der Waals surface area contributed by atoms with Crippen molar-refractivity contribution >= 4 is 23.4 Å². The number of carbonyl (C=O) groups is 2. The molecule has 0 unspecified atom stereocenters. The molecule has 3 N–H and O–H groups in total. The summed E-state index contributed by atoms with van der Waals surface area (Å²) in [6.07, 6.45) is 3.08. The number of nitrogens with one attached hydrogen (secondary N) is 1. The summed E-state index contributed by atoms with van der Waals surface area (Å²) in [5.41, 5.74) is 6.96. The van der Waals surface area contributed by atoms with E-state index in [1.807, 2.05) is 18.2 Å². The van der Waals surface area contributed by atoms with Crippen molar-refractivity contribution in [2.24, 2.45) is 5.73 Å². The number of amides is 2. The van der Waals surface area contributed by atoms with Gasteiger partial charge in [0.2, 0.25) is 0 Å². The van der Waals surface area contributed by atoms with Crippen molar-refractivity contribution in [3.8, 4) is 17.2 Å². The average molecular weight is 415 g/mol. The Morgan fingerprint density at radius 3 is 2.72 bits per heavy atom. The predicted molar refractivity (Wildman–Crippen MR) is 107 cm³/mol. The zero-order valence-corrected chi connectivity index (χ0v) is 16.3. The van der Waals surface area contributed by atoms with E-state index in [1.54, 1.807) is 35.1 Å². The van der Waals surface area contributed by atoms with Gasteiger partial charge < -0.3 is 20.5 Å². The van der Waals surface area contributed by atoms with E-state index >= 15 is 0 Å². The van der Waals surface area contributed by atoms with Gasteiger partial charge in [0, 0.05) is 12.7 Å². The summed E-state index contributed by atoms with van der Waals surface area (Å²) in [4.78, 5) is 23.3. The molecule has 0 fully saturated rings. The second kappa shape index (κ2) is 9.11. The third kappa shape index (κ3) is 5.05. The number of nitrogens with two attached hydrogens (primary N) is 1. The molecule has 0 atom stereocenters. The van der Waals surface area contributed by atoms with Crippen LogP contribution in [0.4, 0.5) is 0 Å². The second-order valence-corrected chi connectivity index (χ2v) is 6.46. The number of benzene rings is 2. The van der Waals surface area contributed by atoms with Crippen molar-refractivity contribution < 1.29 is 19.1 Å². The molecule has 0 aliphatic carbocycles. The third-order valence-electron chi connectivity index (χ3n) is 4.00. The number of nitrogens with zero attached hydrogens (tertiary/aromatic N) is 2. The largest absolute Gasteiger partial charge is 0.493 e. The Kier molecular flexibility index (Phi) is 6.36.